The highest BCUT2D eigenvalue weighted by Crippen LogP contribution is 2.58. The molecule has 100 valence electrons. The molecular weight excluding hydrogens is 244 g/mol. The van der Waals surface area contributed by atoms with Gasteiger partial charge < -0.3 is 10.2 Å². The molecular formula is C15H16O4. The van der Waals surface area contributed by atoms with Crippen LogP contribution in [0.15, 0.2) is 30.3 Å². The van der Waals surface area contributed by atoms with Gasteiger partial charge in [-0.1, -0.05) is 30.3 Å². The molecule has 2 N–H and O–H groups in total. The number of carboxylic acid groups (broad SMARTS) is 2. The molecule has 0 saturated heterocycles. The average Bonchev–Trinajstić information content (AvgIpc) is 2.96. The highest BCUT2D eigenvalue weighted by Gasteiger charge is 2.58. The van der Waals surface area contributed by atoms with Crippen molar-refractivity contribution in [3.63, 3.8) is 0 Å². The van der Waals surface area contributed by atoms with Crippen LogP contribution in [0.1, 0.15) is 24.3 Å². The van der Waals surface area contributed by atoms with Gasteiger partial charge in [0.2, 0.25) is 0 Å². The molecule has 2 aliphatic carbocycles. The van der Waals surface area contributed by atoms with E-state index in [0.717, 1.165) is 18.4 Å². The summed E-state index contributed by atoms with van der Waals surface area (Å²) in [6, 6.07) is 9.86. The van der Waals surface area contributed by atoms with Crippen LogP contribution in [0.3, 0.4) is 0 Å². The Morgan fingerprint density at radius 1 is 0.947 bits per heavy atom. The van der Waals surface area contributed by atoms with E-state index in [4.69, 9.17) is 0 Å². The second kappa shape index (κ2) is 4.37. The minimum Gasteiger partial charge on any atom is -0.481 e. The molecule has 0 aliphatic heterocycles. The number of carbonyl (C=O) groups is 2. The normalized spacial score (nSPS) is 36.3. The number of aliphatic carboxylic acids is 2. The lowest BCUT2D eigenvalue weighted by molar-refractivity contribution is -0.156. The predicted molar refractivity (Wildman–Crippen MR) is 67.6 cm³/mol. The molecule has 1 aromatic carbocycles. The third-order valence-corrected chi connectivity index (χ3v) is 4.80. The summed E-state index contributed by atoms with van der Waals surface area (Å²) in [7, 11) is 0. The number of benzene rings is 1. The molecule has 0 amide bonds. The largest absolute Gasteiger partial charge is 0.481 e. The molecule has 2 saturated carbocycles. The molecule has 19 heavy (non-hydrogen) atoms. The lowest BCUT2D eigenvalue weighted by Gasteiger charge is -2.31. The highest BCUT2D eigenvalue weighted by molar-refractivity contribution is 5.82. The zero-order chi connectivity index (χ0) is 13.6. The van der Waals surface area contributed by atoms with Gasteiger partial charge in [0.05, 0.1) is 11.8 Å². The first kappa shape index (κ1) is 12.2. The van der Waals surface area contributed by atoms with Crippen LogP contribution in [-0.2, 0) is 9.59 Å². The summed E-state index contributed by atoms with van der Waals surface area (Å²) in [5.74, 6) is -3.18. The van der Waals surface area contributed by atoms with Gasteiger partial charge >= 0.3 is 11.9 Å². The molecule has 2 fully saturated rings. The van der Waals surface area contributed by atoms with Crippen LogP contribution < -0.4 is 0 Å². The maximum atomic E-state index is 11.4. The van der Waals surface area contributed by atoms with E-state index in [1.54, 1.807) is 0 Å². The molecule has 2 bridgehead atoms. The van der Waals surface area contributed by atoms with E-state index in [1.807, 2.05) is 30.3 Å². The van der Waals surface area contributed by atoms with Crippen molar-refractivity contribution in [1.29, 1.82) is 0 Å². The molecule has 4 heteroatoms. The first-order valence-electron chi connectivity index (χ1n) is 6.60. The summed E-state index contributed by atoms with van der Waals surface area (Å²) in [5.41, 5.74) is 1.14. The Hall–Kier alpha value is -1.84. The lowest BCUT2D eigenvalue weighted by Crippen LogP contribution is -2.37. The standard InChI is InChI=1S/C15H16O4/c16-14(17)12-9-6-10(8-4-2-1-3-5-8)11(7-9)13(12)15(18)19/h1-5,9-13H,6-7H2,(H,16,17)(H,18,19)/t9-,10+,11+,12-,13+/m1/s1. The second-order valence-electron chi connectivity index (χ2n) is 5.64. The third kappa shape index (κ3) is 1.82. The van der Waals surface area contributed by atoms with Crippen molar-refractivity contribution in [3.05, 3.63) is 35.9 Å². The number of rotatable bonds is 3. The minimum absolute atomic E-state index is 0.00815. The molecule has 0 aromatic heterocycles. The molecule has 2 aliphatic rings. The summed E-state index contributed by atoms with van der Waals surface area (Å²) in [4.78, 5) is 22.7. The van der Waals surface area contributed by atoms with Gasteiger partial charge in [0.15, 0.2) is 0 Å². The smallest absolute Gasteiger partial charge is 0.307 e. The van der Waals surface area contributed by atoms with Gasteiger partial charge in [0.1, 0.15) is 0 Å². The van der Waals surface area contributed by atoms with Gasteiger partial charge in [0.25, 0.3) is 0 Å². The quantitative estimate of drug-likeness (QED) is 0.873. The Morgan fingerprint density at radius 2 is 1.58 bits per heavy atom. The predicted octanol–water partition coefficient (Wildman–Crippen LogP) is 2.21. The van der Waals surface area contributed by atoms with E-state index in [9.17, 15) is 19.8 Å². The van der Waals surface area contributed by atoms with Crippen LogP contribution in [0.25, 0.3) is 0 Å². The Labute approximate surface area is 111 Å². The summed E-state index contributed by atoms with van der Waals surface area (Å²) < 4.78 is 0. The number of hydrogen-bond donors (Lipinski definition) is 2. The Bertz CT molecular complexity index is 510. The fourth-order valence-electron chi connectivity index (χ4n) is 4.14. The van der Waals surface area contributed by atoms with Gasteiger partial charge in [-0.25, -0.2) is 0 Å². The first-order chi connectivity index (χ1) is 9.09. The van der Waals surface area contributed by atoms with E-state index >= 15 is 0 Å². The van der Waals surface area contributed by atoms with Crippen molar-refractivity contribution < 1.29 is 19.8 Å². The second-order valence-corrected chi connectivity index (χ2v) is 5.64. The van der Waals surface area contributed by atoms with Crippen LogP contribution in [0.4, 0.5) is 0 Å². The van der Waals surface area contributed by atoms with Gasteiger partial charge in [-0.05, 0) is 36.2 Å². The van der Waals surface area contributed by atoms with Crippen molar-refractivity contribution in [1.82, 2.24) is 0 Å². The molecule has 1 aromatic rings. The topological polar surface area (TPSA) is 74.6 Å². The first-order valence-corrected chi connectivity index (χ1v) is 6.60. The number of carboxylic acids is 2. The summed E-state index contributed by atoms with van der Waals surface area (Å²) in [5, 5.41) is 18.6. The highest BCUT2D eigenvalue weighted by atomic mass is 16.4. The van der Waals surface area contributed by atoms with E-state index in [1.165, 1.54) is 0 Å². The molecule has 0 spiro atoms. The van der Waals surface area contributed by atoms with Gasteiger partial charge in [-0.2, -0.15) is 0 Å². The van der Waals surface area contributed by atoms with Crippen LogP contribution in [0, 0.1) is 23.7 Å². The van der Waals surface area contributed by atoms with Gasteiger partial charge in [-0.3, -0.25) is 9.59 Å². The molecule has 0 heterocycles. The molecule has 5 atom stereocenters. The number of fused-ring (bicyclic) bond motifs is 2. The van der Waals surface area contributed by atoms with Gasteiger partial charge in [-0.15, -0.1) is 0 Å². The van der Waals surface area contributed by atoms with E-state index in [2.05, 4.69) is 0 Å². The fraction of sp³-hybridized carbons (Fsp3) is 0.467. The Balaban J connectivity index is 1.92. The Morgan fingerprint density at radius 3 is 2.16 bits per heavy atom. The fourth-order valence-corrected chi connectivity index (χ4v) is 4.14. The van der Waals surface area contributed by atoms with Crippen molar-refractivity contribution >= 4 is 11.9 Å². The van der Waals surface area contributed by atoms with Gasteiger partial charge in [0, 0.05) is 0 Å². The monoisotopic (exact) mass is 260 g/mol. The Kier molecular flexibility index (Phi) is 2.81. The van der Waals surface area contributed by atoms with E-state index < -0.39 is 23.8 Å². The summed E-state index contributed by atoms with van der Waals surface area (Å²) in [6.07, 6.45) is 1.53. The molecule has 0 radical (unpaired) electrons. The van der Waals surface area contributed by atoms with Crippen molar-refractivity contribution in [2.75, 3.05) is 0 Å². The van der Waals surface area contributed by atoms with Crippen molar-refractivity contribution in [2.45, 2.75) is 18.8 Å². The lowest BCUT2D eigenvalue weighted by atomic mass is 9.71. The van der Waals surface area contributed by atoms with E-state index in [0.29, 0.717) is 0 Å². The van der Waals surface area contributed by atoms with Crippen LogP contribution >= 0.6 is 0 Å². The summed E-state index contributed by atoms with van der Waals surface area (Å²) in [6.45, 7) is 0. The molecule has 4 nitrogen and oxygen atoms in total. The van der Waals surface area contributed by atoms with Crippen LogP contribution in [-0.4, -0.2) is 22.2 Å². The molecule has 3 rings (SSSR count). The zero-order valence-corrected chi connectivity index (χ0v) is 10.4. The third-order valence-electron chi connectivity index (χ3n) is 4.80. The van der Waals surface area contributed by atoms with Crippen molar-refractivity contribution in [3.8, 4) is 0 Å². The summed E-state index contributed by atoms with van der Waals surface area (Å²) >= 11 is 0. The molecule has 0 unspecified atom stereocenters. The van der Waals surface area contributed by atoms with E-state index in [-0.39, 0.29) is 17.8 Å². The average molecular weight is 260 g/mol. The van der Waals surface area contributed by atoms with Crippen LogP contribution in [0.2, 0.25) is 0 Å². The maximum absolute atomic E-state index is 11.4. The van der Waals surface area contributed by atoms with Crippen molar-refractivity contribution in [2.24, 2.45) is 23.7 Å². The van der Waals surface area contributed by atoms with Crippen LogP contribution in [0.5, 0.6) is 0 Å². The number of hydrogen-bond acceptors (Lipinski definition) is 2. The minimum atomic E-state index is -0.958. The SMILES string of the molecule is O=C(O)[C@@H]1[C@H]2C[C@H]([C@@H]1C(=O)O)[C@H](c1ccccc1)C2. The zero-order valence-electron chi connectivity index (χ0n) is 10.4. The maximum Gasteiger partial charge on any atom is 0.307 e.